The summed E-state index contributed by atoms with van der Waals surface area (Å²) in [4.78, 5) is 27.4. The molecule has 0 radical (unpaired) electrons. The van der Waals surface area contributed by atoms with E-state index in [0.717, 1.165) is 5.65 Å². The van der Waals surface area contributed by atoms with E-state index < -0.39 is 0 Å². The van der Waals surface area contributed by atoms with Gasteiger partial charge in [0.15, 0.2) is 0 Å². The molecule has 138 valence electrons. The number of ether oxygens (including phenoxy) is 1. The van der Waals surface area contributed by atoms with Gasteiger partial charge in [-0.1, -0.05) is 19.1 Å². The number of imidazole rings is 1. The van der Waals surface area contributed by atoms with Crippen molar-refractivity contribution >= 4 is 17.5 Å². The minimum atomic E-state index is -0.190. The SMILES string of the molecule is CCOC(=O)[C@@H]1[C@H]2CN(C(=O)c3cnn4ccn(C)c34)C[C@@H]2C=C[C@@H]1C. The summed E-state index contributed by atoms with van der Waals surface area (Å²) in [5, 5.41) is 4.26. The van der Waals surface area contributed by atoms with E-state index in [0.29, 0.717) is 25.3 Å². The molecule has 0 N–H and O–H groups in total. The summed E-state index contributed by atoms with van der Waals surface area (Å²) in [7, 11) is 1.90. The molecule has 4 rings (SSSR count). The van der Waals surface area contributed by atoms with Crippen LogP contribution in [-0.4, -0.2) is 50.7 Å². The Kier molecular flexibility index (Phi) is 4.09. The molecule has 0 bridgehead atoms. The first-order chi connectivity index (χ1) is 12.5. The number of fused-ring (bicyclic) bond motifs is 2. The van der Waals surface area contributed by atoms with Crippen molar-refractivity contribution in [2.45, 2.75) is 13.8 Å². The third kappa shape index (κ3) is 2.53. The van der Waals surface area contributed by atoms with Crippen LogP contribution >= 0.6 is 0 Å². The Morgan fingerprint density at radius 3 is 2.85 bits per heavy atom. The zero-order chi connectivity index (χ0) is 18.4. The van der Waals surface area contributed by atoms with Crippen LogP contribution in [0.3, 0.4) is 0 Å². The lowest BCUT2D eigenvalue weighted by Crippen LogP contribution is -2.37. The van der Waals surface area contributed by atoms with Crippen LogP contribution in [0.5, 0.6) is 0 Å². The molecular formula is C19H24N4O3. The fourth-order valence-corrected chi connectivity index (χ4v) is 4.43. The van der Waals surface area contributed by atoms with Crippen molar-refractivity contribution in [3.63, 3.8) is 0 Å². The predicted octanol–water partition coefficient (Wildman–Crippen LogP) is 1.75. The number of carbonyl (C=O) groups is 2. The molecule has 0 unspecified atom stereocenters. The van der Waals surface area contributed by atoms with Crippen molar-refractivity contribution in [1.82, 2.24) is 19.1 Å². The van der Waals surface area contributed by atoms with Crippen LogP contribution in [0.2, 0.25) is 0 Å². The van der Waals surface area contributed by atoms with Gasteiger partial charge in [-0.15, -0.1) is 0 Å². The topological polar surface area (TPSA) is 68.8 Å². The molecule has 1 aliphatic carbocycles. The third-order valence-corrected chi connectivity index (χ3v) is 5.71. The van der Waals surface area contributed by atoms with E-state index in [-0.39, 0.29) is 35.5 Å². The number of carbonyl (C=O) groups excluding carboxylic acids is 2. The van der Waals surface area contributed by atoms with E-state index in [1.54, 1.807) is 10.7 Å². The number of allylic oxidation sites excluding steroid dienone is 1. The molecule has 3 heterocycles. The summed E-state index contributed by atoms with van der Waals surface area (Å²) in [6.45, 7) is 5.46. The zero-order valence-electron chi connectivity index (χ0n) is 15.3. The van der Waals surface area contributed by atoms with Gasteiger partial charge in [0.2, 0.25) is 0 Å². The maximum atomic E-state index is 13.1. The Hall–Kier alpha value is -2.57. The maximum Gasteiger partial charge on any atom is 0.309 e. The number of esters is 1. The van der Waals surface area contributed by atoms with Gasteiger partial charge in [-0.3, -0.25) is 9.59 Å². The summed E-state index contributed by atoms with van der Waals surface area (Å²) in [6.07, 6.45) is 9.59. The average Bonchev–Trinajstić information content (AvgIpc) is 3.30. The highest BCUT2D eigenvalue weighted by Gasteiger charge is 2.46. The molecule has 0 spiro atoms. The molecule has 26 heavy (non-hydrogen) atoms. The summed E-state index contributed by atoms with van der Waals surface area (Å²) in [6, 6.07) is 0. The first kappa shape index (κ1) is 16.9. The molecule has 7 nitrogen and oxygen atoms in total. The summed E-state index contributed by atoms with van der Waals surface area (Å²) in [5.41, 5.74) is 1.39. The molecule has 2 aromatic heterocycles. The molecule has 1 aliphatic heterocycles. The number of hydrogen-bond acceptors (Lipinski definition) is 4. The summed E-state index contributed by atoms with van der Waals surface area (Å²) < 4.78 is 8.90. The quantitative estimate of drug-likeness (QED) is 0.621. The van der Waals surface area contributed by atoms with E-state index in [1.807, 2.05) is 42.8 Å². The lowest BCUT2D eigenvalue weighted by Gasteiger charge is -2.31. The van der Waals surface area contributed by atoms with Gasteiger partial charge in [0.25, 0.3) is 5.91 Å². The molecule has 1 fully saturated rings. The number of rotatable bonds is 3. The second-order valence-corrected chi connectivity index (χ2v) is 7.30. The van der Waals surface area contributed by atoms with Gasteiger partial charge in [-0.05, 0) is 24.7 Å². The van der Waals surface area contributed by atoms with Crippen molar-refractivity contribution in [3.8, 4) is 0 Å². The lowest BCUT2D eigenvalue weighted by atomic mass is 9.72. The second kappa shape index (κ2) is 6.30. The van der Waals surface area contributed by atoms with Gasteiger partial charge in [0.05, 0.1) is 18.7 Å². The number of amides is 1. The van der Waals surface area contributed by atoms with Gasteiger partial charge in [-0.25, -0.2) is 4.52 Å². The Bertz CT molecular complexity index is 881. The fourth-order valence-electron chi connectivity index (χ4n) is 4.43. The standard InChI is InChI=1S/C19H24N4O3/c1-4-26-19(25)16-12(2)5-6-13-10-22(11-15(13)16)18(24)14-9-20-23-8-7-21(3)17(14)23/h5-9,12-13,15-16H,4,10-11H2,1-3H3/t12-,13-,15-,16-/m0/s1. The van der Waals surface area contributed by atoms with Crippen LogP contribution in [0.15, 0.2) is 30.7 Å². The van der Waals surface area contributed by atoms with Gasteiger partial charge in [0.1, 0.15) is 11.2 Å². The number of nitrogens with zero attached hydrogens (tertiary/aromatic N) is 4. The molecule has 4 atom stereocenters. The third-order valence-electron chi connectivity index (χ3n) is 5.71. The maximum absolute atomic E-state index is 13.1. The Morgan fingerprint density at radius 1 is 1.27 bits per heavy atom. The van der Waals surface area contributed by atoms with Gasteiger partial charge in [0, 0.05) is 32.5 Å². The minimum Gasteiger partial charge on any atom is -0.466 e. The molecule has 7 heteroatoms. The summed E-state index contributed by atoms with van der Waals surface area (Å²) >= 11 is 0. The predicted molar refractivity (Wildman–Crippen MR) is 95.5 cm³/mol. The highest BCUT2D eigenvalue weighted by Crippen LogP contribution is 2.40. The van der Waals surface area contributed by atoms with E-state index in [9.17, 15) is 9.59 Å². The molecule has 0 aromatic carbocycles. The van der Waals surface area contributed by atoms with Crippen molar-refractivity contribution in [1.29, 1.82) is 0 Å². The molecule has 0 saturated carbocycles. The lowest BCUT2D eigenvalue weighted by molar-refractivity contribution is -0.152. The van der Waals surface area contributed by atoms with E-state index in [1.165, 1.54) is 0 Å². The van der Waals surface area contributed by atoms with Crippen molar-refractivity contribution in [3.05, 3.63) is 36.3 Å². The smallest absolute Gasteiger partial charge is 0.309 e. The van der Waals surface area contributed by atoms with Gasteiger partial charge < -0.3 is 14.2 Å². The van der Waals surface area contributed by atoms with Crippen LogP contribution in [0, 0.1) is 23.7 Å². The fraction of sp³-hybridized carbons (Fsp3) is 0.526. The average molecular weight is 356 g/mol. The number of hydrogen-bond donors (Lipinski definition) is 0. The van der Waals surface area contributed by atoms with Crippen LogP contribution in [0.4, 0.5) is 0 Å². The normalized spacial score (nSPS) is 27.7. The van der Waals surface area contributed by atoms with Crippen molar-refractivity contribution < 1.29 is 14.3 Å². The van der Waals surface area contributed by atoms with Gasteiger partial charge in [-0.2, -0.15) is 5.10 Å². The first-order valence-corrected chi connectivity index (χ1v) is 9.14. The van der Waals surface area contributed by atoms with Crippen molar-refractivity contribution in [2.75, 3.05) is 19.7 Å². The summed E-state index contributed by atoms with van der Waals surface area (Å²) in [5.74, 6) is 0.0661. The van der Waals surface area contributed by atoms with E-state index in [4.69, 9.17) is 4.74 Å². The largest absolute Gasteiger partial charge is 0.466 e. The van der Waals surface area contributed by atoms with E-state index >= 15 is 0 Å². The highest BCUT2D eigenvalue weighted by atomic mass is 16.5. The first-order valence-electron chi connectivity index (χ1n) is 9.14. The number of likely N-dealkylation sites (tertiary alicyclic amines) is 1. The van der Waals surface area contributed by atoms with Crippen LogP contribution in [0.1, 0.15) is 24.2 Å². The van der Waals surface area contributed by atoms with E-state index in [2.05, 4.69) is 17.3 Å². The molecular weight excluding hydrogens is 332 g/mol. The number of aryl methyl sites for hydroxylation is 1. The van der Waals surface area contributed by atoms with Crippen LogP contribution in [-0.2, 0) is 16.6 Å². The second-order valence-electron chi connectivity index (χ2n) is 7.30. The Labute approximate surface area is 152 Å². The van der Waals surface area contributed by atoms with Crippen LogP contribution < -0.4 is 0 Å². The minimum absolute atomic E-state index is 0.0279. The highest BCUT2D eigenvalue weighted by molar-refractivity contribution is 6.00. The number of aromatic nitrogens is 3. The monoisotopic (exact) mass is 356 g/mol. The molecule has 1 saturated heterocycles. The zero-order valence-corrected chi connectivity index (χ0v) is 15.3. The van der Waals surface area contributed by atoms with Crippen molar-refractivity contribution in [2.24, 2.45) is 30.7 Å². The Balaban J connectivity index is 1.59. The Morgan fingerprint density at radius 2 is 2.08 bits per heavy atom. The molecule has 2 aromatic rings. The molecule has 2 aliphatic rings. The van der Waals surface area contributed by atoms with Gasteiger partial charge >= 0.3 is 5.97 Å². The van der Waals surface area contributed by atoms with Crippen LogP contribution in [0.25, 0.3) is 5.65 Å². The molecule has 1 amide bonds.